The lowest BCUT2D eigenvalue weighted by atomic mass is 10.1. The van der Waals surface area contributed by atoms with E-state index in [-0.39, 0.29) is 29.9 Å². The predicted molar refractivity (Wildman–Crippen MR) is 147 cm³/mol. The topological polar surface area (TPSA) is 60.0 Å². The minimum Gasteiger partial charge on any atom is -0.357 e. The lowest BCUT2D eigenvalue weighted by Crippen LogP contribution is -2.36. The lowest BCUT2D eigenvalue weighted by Gasteiger charge is -2.26. The van der Waals surface area contributed by atoms with Gasteiger partial charge in [0.05, 0.1) is 6.54 Å². The zero-order valence-electron chi connectivity index (χ0n) is 20.1. The average molecular weight is 564 g/mol. The fourth-order valence-electron chi connectivity index (χ4n) is 3.85. The molecule has 0 atom stereocenters. The van der Waals surface area contributed by atoms with Gasteiger partial charge < -0.3 is 15.5 Å². The van der Waals surface area contributed by atoms with E-state index in [1.165, 1.54) is 43.5 Å². The second-order valence-electron chi connectivity index (χ2n) is 8.60. The number of nitrogens with zero attached hydrogens (tertiary/aromatic N) is 3. The summed E-state index contributed by atoms with van der Waals surface area (Å²) >= 11 is 0. The van der Waals surface area contributed by atoms with Gasteiger partial charge in [0.15, 0.2) is 5.96 Å². The molecule has 0 saturated carbocycles. The third-order valence-electron chi connectivity index (χ3n) is 5.71. The molecule has 2 aromatic carbocycles. The van der Waals surface area contributed by atoms with E-state index in [2.05, 4.69) is 46.7 Å². The molecule has 0 radical (unpaired) electrons. The standard InChI is InChI=1S/C26H37N5O.HI/c1-4-27-26(29-19-22-12-14-24(15-13-22)25(32)30(2)3)28-18-21-8-10-23(11-9-21)20-31-16-6-5-7-17-31;/h8-15H,4-7,16-20H2,1-3H3,(H2,27,28,29);1H. The zero-order valence-corrected chi connectivity index (χ0v) is 22.5. The van der Waals surface area contributed by atoms with Gasteiger partial charge in [-0.15, -0.1) is 24.0 Å². The number of piperidine rings is 1. The van der Waals surface area contributed by atoms with Crippen LogP contribution in [0.5, 0.6) is 0 Å². The van der Waals surface area contributed by atoms with E-state index >= 15 is 0 Å². The van der Waals surface area contributed by atoms with E-state index in [4.69, 9.17) is 4.99 Å². The number of likely N-dealkylation sites (tertiary alicyclic amines) is 1. The van der Waals surface area contributed by atoms with Crippen LogP contribution in [0, 0.1) is 0 Å². The molecular formula is C26H38IN5O. The molecule has 1 heterocycles. The molecule has 1 saturated heterocycles. The summed E-state index contributed by atoms with van der Waals surface area (Å²) in [5.74, 6) is 0.801. The molecule has 0 bridgehead atoms. The molecule has 180 valence electrons. The van der Waals surface area contributed by atoms with Gasteiger partial charge in [-0.25, -0.2) is 4.99 Å². The number of amides is 1. The molecule has 1 aliphatic heterocycles. The summed E-state index contributed by atoms with van der Waals surface area (Å²) in [6, 6.07) is 16.5. The summed E-state index contributed by atoms with van der Waals surface area (Å²) < 4.78 is 0. The van der Waals surface area contributed by atoms with Crippen molar-refractivity contribution in [3.8, 4) is 0 Å². The Morgan fingerprint density at radius 2 is 1.52 bits per heavy atom. The summed E-state index contributed by atoms with van der Waals surface area (Å²) in [5.41, 5.74) is 4.38. The molecule has 1 amide bonds. The maximum Gasteiger partial charge on any atom is 0.253 e. The lowest BCUT2D eigenvalue weighted by molar-refractivity contribution is 0.0827. The molecule has 7 heteroatoms. The Morgan fingerprint density at radius 3 is 2.12 bits per heavy atom. The third-order valence-corrected chi connectivity index (χ3v) is 5.71. The number of rotatable bonds is 8. The largest absolute Gasteiger partial charge is 0.357 e. The van der Waals surface area contributed by atoms with Gasteiger partial charge in [0, 0.05) is 39.3 Å². The molecule has 0 aromatic heterocycles. The first-order valence-electron chi connectivity index (χ1n) is 11.7. The van der Waals surface area contributed by atoms with Gasteiger partial charge in [-0.3, -0.25) is 9.69 Å². The van der Waals surface area contributed by atoms with Gasteiger partial charge in [-0.05, 0) is 61.7 Å². The summed E-state index contributed by atoms with van der Waals surface area (Å²) in [4.78, 5) is 20.9. The fourth-order valence-corrected chi connectivity index (χ4v) is 3.85. The van der Waals surface area contributed by atoms with Gasteiger partial charge in [0.25, 0.3) is 5.91 Å². The predicted octanol–water partition coefficient (Wildman–Crippen LogP) is 4.25. The summed E-state index contributed by atoms with van der Waals surface area (Å²) in [5, 5.41) is 6.72. The van der Waals surface area contributed by atoms with Crippen molar-refractivity contribution in [2.45, 2.75) is 45.8 Å². The molecule has 1 aliphatic rings. The molecule has 0 unspecified atom stereocenters. The van der Waals surface area contributed by atoms with E-state index in [1.807, 2.05) is 24.3 Å². The number of carbonyl (C=O) groups is 1. The quantitative estimate of drug-likeness (QED) is 0.287. The monoisotopic (exact) mass is 563 g/mol. The van der Waals surface area contributed by atoms with Gasteiger partial charge in [-0.1, -0.05) is 42.8 Å². The molecular weight excluding hydrogens is 525 g/mol. The highest BCUT2D eigenvalue weighted by molar-refractivity contribution is 14.0. The number of nitrogens with one attached hydrogen (secondary N) is 2. The molecule has 3 rings (SSSR count). The van der Waals surface area contributed by atoms with Crippen molar-refractivity contribution in [3.63, 3.8) is 0 Å². The first-order chi connectivity index (χ1) is 15.5. The van der Waals surface area contributed by atoms with Crippen molar-refractivity contribution in [1.82, 2.24) is 20.4 Å². The van der Waals surface area contributed by atoms with E-state index in [0.717, 1.165) is 31.2 Å². The molecule has 0 spiro atoms. The van der Waals surface area contributed by atoms with Crippen LogP contribution in [0.1, 0.15) is 53.2 Å². The molecule has 0 aliphatic carbocycles. The Kier molecular flexibility index (Phi) is 11.7. The van der Waals surface area contributed by atoms with Crippen molar-refractivity contribution in [3.05, 3.63) is 70.8 Å². The fraction of sp³-hybridized carbons (Fsp3) is 0.462. The van der Waals surface area contributed by atoms with Crippen molar-refractivity contribution < 1.29 is 4.79 Å². The number of guanidine groups is 1. The van der Waals surface area contributed by atoms with E-state index in [0.29, 0.717) is 12.1 Å². The maximum absolute atomic E-state index is 12.0. The van der Waals surface area contributed by atoms with Crippen molar-refractivity contribution in [2.75, 3.05) is 33.7 Å². The minimum atomic E-state index is 0. The highest BCUT2D eigenvalue weighted by atomic mass is 127. The second kappa shape index (κ2) is 14.2. The Bertz CT molecular complexity index is 875. The minimum absolute atomic E-state index is 0. The third kappa shape index (κ3) is 8.97. The van der Waals surface area contributed by atoms with Gasteiger partial charge in [0.2, 0.25) is 0 Å². The van der Waals surface area contributed by atoms with Crippen LogP contribution in [0.4, 0.5) is 0 Å². The maximum atomic E-state index is 12.0. The van der Waals surface area contributed by atoms with Crippen LogP contribution in [-0.4, -0.2) is 55.4 Å². The number of hydrogen-bond donors (Lipinski definition) is 2. The summed E-state index contributed by atoms with van der Waals surface area (Å²) in [6.07, 6.45) is 4.03. The molecule has 1 fully saturated rings. The molecule has 33 heavy (non-hydrogen) atoms. The Labute approximate surface area is 215 Å². The van der Waals surface area contributed by atoms with Crippen molar-refractivity contribution in [1.29, 1.82) is 0 Å². The van der Waals surface area contributed by atoms with Crippen LogP contribution >= 0.6 is 24.0 Å². The molecule has 2 N–H and O–H groups in total. The molecule has 6 nitrogen and oxygen atoms in total. The van der Waals surface area contributed by atoms with E-state index < -0.39 is 0 Å². The van der Waals surface area contributed by atoms with Crippen LogP contribution < -0.4 is 10.6 Å². The number of halogens is 1. The van der Waals surface area contributed by atoms with Crippen LogP contribution in [0.3, 0.4) is 0 Å². The Morgan fingerprint density at radius 1 is 0.909 bits per heavy atom. The van der Waals surface area contributed by atoms with E-state index in [9.17, 15) is 4.79 Å². The zero-order chi connectivity index (χ0) is 22.8. The average Bonchev–Trinajstić information content (AvgIpc) is 2.82. The Balaban J connectivity index is 0.00000385. The number of hydrogen-bond acceptors (Lipinski definition) is 3. The van der Waals surface area contributed by atoms with Gasteiger partial charge in [0.1, 0.15) is 0 Å². The Hall–Kier alpha value is -2.13. The normalized spacial score (nSPS) is 14.3. The van der Waals surface area contributed by atoms with Crippen molar-refractivity contribution in [2.24, 2.45) is 4.99 Å². The van der Waals surface area contributed by atoms with Crippen LogP contribution in [0.25, 0.3) is 0 Å². The summed E-state index contributed by atoms with van der Waals surface area (Å²) in [7, 11) is 3.52. The number of carbonyl (C=O) groups excluding carboxylic acids is 1. The van der Waals surface area contributed by atoms with Crippen LogP contribution in [0.15, 0.2) is 53.5 Å². The highest BCUT2D eigenvalue weighted by Gasteiger charge is 2.10. The smallest absolute Gasteiger partial charge is 0.253 e. The second-order valence-corrected chi connectivity index (χ2v) is 8.60. The molecule has 2 aromatic rings. The van der Waals surface area contributed by atoms with Crippen LogP contribution in [0.2, 0.25) is 0 Å². The van der Waals surface area contributed by atoms with Gasteiger partial charge >= 0.3 is 0 Å². The van der Waals surface area contributed by atoms with Crippen molar-refractivity contribution >= 4 is 35.8 Å². The van der Waals surface area contributed by atoms with E-state index in [1.54, 1.807) is 19.0 Å². The summed E-state index contributed by atoms with van der Waals surface area (Å²) in [6.45, 7) is 7.65. The van der Waals surface area contributed by atoms with Crippen LogP contribution in [-0.2, 0) is 19.6 Å². The first-order valence-corrected chi connectivity index (χ1v) is 11.7. The SMILES string of the molecule is CCNC(=NCc1ccc(C(=O)N(C)C)cc1)NCc1ccc(CN2CCCCC2)cc1.I. The first kappa shape index (κ1) is 27.1. The van der Waals surface area contributed by atoms with Gasteiger partial charge in [-0.2, -0.15) is 0 Å². The number of aliphatic imine (C=N–C) groups is 1. The number of benzene rings is 2. The highest BCUT2D eigenvalue weighted by Crippen LogP contribution is 2.14.